The highest BCUT2D eigenvalue weighted by Crippen LogP contribution is 2.36. The fourth-order valence-corrected chi connectivity index (χ4v) is 3.87. The summed E-state index contributed by atoms with van der Waals surface area (Å²) in [6.07, 6.45) is 2.01. The Labute approximate surface area is 148 Å². The van der Waals surface area contributed by atoms with E-state index in [1.165, 1.54) is 0 Å². The maximum atomic E-state index is 8.96. The first-order chi connectivity index (χ1) is 11.7. The summed E-state index contributed by atoms with van der Waals surface area (Å²) in [5, 5.41) is 11.7. The first kappa shape index (κ1) is 14.9. The molecule has 0 saturated carbocycles. The number of aromatic nitrogens is 2. The van der Waals surface area contributed by atoms with E-state index in [1.807, 2.05) is 48.8 Å². The van der Waals surface area contributed by atoms with Crippen molar-refractivity contribution in [3.05, 3.63) is 70.2 Å². The van der Waals surface area contributed by atoms with Crippen LogP contribution in [0.3, 0.4) is 0 Å². The lowest BCUT2D eigenvalue weighted by Crippen LogP contribution is -1.86. The van der Waals surface area contributed by atoms with Gasteiger partial charge in [0.05, 0.1) is 16.7 Å². The minimum atomic E-state index is 0.638. The van der Waals surface area contributed by atoms with E-state index in [1.54, 1.807) is 23.5 Å². The topological polar surface area (TPSA) is 41.1 Å². The standard InChI is InChI=1S/C19H12ClN3S/c1-12-2-7-15(16(20)10-12)17-19-23(8-9-24-19)18(22-17)14-5-3-13(11-21)4-6-14/h2-10H,1H3. The van der Waals surface area contributed by atoms with Crippen molar-refractivity contribution in [3.8, 4) is 28.7 Å². The molecule has 0 atom stereocenters. The molecule has 3 nitrogen and oxygen atoms in total. The number of imidazole rings is 1. The van der Waals surface area contributed by atoms with E-state index >= 15 is 0 Å². The third kappa shape index (κ3) is 2.39. The SMILES string of the molecule is Cc1ccc(-c2nc(-c3ccc(C#N)cc3)n3ccsc23)c(Cl)c1. The number of rotatable bonds is 2. The fourth-order valence-electron chi connectivity index (χ4n) is 2.71. The molecule has 0 amide bonds. The Morgan fingerprint density at radius 2 is 1.96 bits per heavy atom. The number of nitriles is 1. The molecule has 0 unspecified atom stereocenters. The van der Waals surface area contributed by atoms with E-state index in [0.717, 1.165) is 33.0 Å². The second-order valence-electron chi connectivity index (χ2n) is 5.53. The quantitative estimate of drug-likeness (QED) is 0.475. The van der Waals surface area contributed by atoms with Crippen LogP contribution in [0.2, 0.25) is 5.02 Å². The molecule has 0 saturated heterocycles. The molecule has 0 bridgehead atoms. The van der Waals surface area contributed by atoms with Gasteiger partial charge in [0.15, 0.2) is 0 Å². The summed E-state index contributed by atoms with van der Waals surface area (Å²) < 4.78 is 2.07. The summed E-state index contributed by atoms with van der Waals surface area (Å²) >= 11 is 8.08. The van der Waals surface area contributed by atoms with Gasteiger partial charge in [0.2, 0.25) is 0 Å². The normalized spacial score (nSPS) is 10.9. The van der Waals surface area contributed by atoms with Crippen LogP contribution in [0.25, 0.3) is 27.5 Å². The van der Waals surface area contributed by atoms with Crippen LogP contribution in [-0.4, -0.2) is 9.38 Å². The zero-order valence-electron chi connectivity index (χ0n) is 12.8. The van der Waals surface area contributed by atoms with E-state index in [4.69, 9.17) is 21.8 Å². The smallest absolute Gasteiger partial charge is 0.145 e. The van der Waals surface area contributed by atoms with Crippen LogP contribution in [0, 0.1) is 18.3 Å². The van der Waals surface area contributed by atoms with Crippen LogP contribution in [0.15, 0.2) is 54.0 Å². The van der Waals surface area contributed by atoms with Crippen LogP contribution >= 0.6 is 22.9 Å². The Morgan fingerprint density at radius 1 is 1.17 bits per heavy atom. The monoisotopic (exact) mass is 349 g/mol. The zero-order chi connectivity index (χ0) is 16.7. The molecule has 2 heterocycles. The number of hydrogen-bond acceptors (Lipinski definition) is 3. The van der Waals surface area contributed by atoms with Crippen LogP contribution < -0.4 is 0 Å². The van der Waals surface area contributed by atoms with E-state index in [0.29, 0.717) is 10.6 Å². The lowest BCUT2D eigenvalue weighted by atomic mass is 10.1. The molecular weight excluding hydrogens is 338 g/mol. The second kappa shape index (κ2) is 5.79. The summed E-state index contributed by atoms with van der Waals surface area (Å²) in [4.78, 5) is 5.90. The molecule has 4 aromatic rings. The Bertz CT molecular complexity index is 1080. The Balaban J connectivity index is 1.93. The van der Waals surface area contributed by atoms with Crippen LogP contribution in [0.4, 0.5) is 0 Å². The second-order valence-corrected chi connectivity index (χ2v) is 6.84. The number of fused-ring (bicyclic) bond motifs is 1. The van der Waals surface area contributed by atoms with Crippen molar-refractivity contribution in [3.63, 3.8) is 0 Å². The summed E-state index contributed by atoms with van der Waals surface area (Å²) in [6, 6.07) is 15.6. The van der Waals surface area contributed by atoms with Gasteiger partial charge in [-0.15, -0.1) is 11.3 Å². The predicted octanol–water partition coefficient (Wildman–Crippen LogP) is 5.56. The molecule has 2 aromatic heterocycles. The highest BCUT2D eigenvalue weighted by Gasteiger charge is 2.17. The summed E-state index contributed by atoms with van der Waals surface area (Å²) in [5.74, 6) is 0.849. The van der Waals surface area contributed by atoms with Gasteiger partial charge in [-0.3, -0.25) is 4.40 Å². The van der Waals surface area contributed by atoms with Gasteiger partial charge in [-0.2, -0.15) is 5.26 Å². The zero-order valence-corrected chi connectivity index (χ0v) is 14.4. The molecule has 5 heteroatoms. The van der Waals surface area contributed by atoms with E-state index in [9.17, 15) is 0 Å². The number of aryl methyl sites for hydroxylation is 1. The Kier molecular flexibility index (Phi) is 3.61. The third-order valence-electron chi connectivity index (χ3n) is 3.91. The molecular formula is C19H12ClN3S. The number of benzene rings is 2. The van der Waals surface area contributed by atoms with Crippen molar-refractivity contribution in [2.75, 3.05) is 0 Å². The molecule has 0 radical (unpaired) electrons. The largest absolute Gasteiger partial charge is 0.290 e. The molecule has 0 aliphatic rings. The van der Waals surface area contributed by atoms with Gasteiger partial charge in [0.25, 0.3) is 0 Å². The molecule has 0 aliphatic heterocycles. The number of nitrogens with zero attached hydrogens (tertiary/aromatic N) is 3. The maximum Gasteiger partial charge on any atom is 0.145 e. The minimum Gasteiger partial charge on any atom is -0.290 e. The average molecular weight is 350 g/mol. The Hall–Kier alpha value is -2.61. The molecule has 116 valence electrons. The average Bonchev–Trinajstić information content (AvgIpc) is 3.18. The van der Waals surface area contributed by atoms with Crippen molar-refractivity contribution in [2.24, 2.45) is 0 Å². The van der Waals surface area contributed by atoms with Crippen molar-refractivity contribution >= 4 is 27.8 Å². The van der Waals surface area contributed by atoms with Gasteiger partial charge in [0.1, 0.15) is 16.3 Å². The third-order valence-corrected chi connectivity index (χ3v) is 5.09. The highest BCUT2D eigenvalue weighted by atomic mass is 35.5. The van der Waals surface area contributed by atoms with Gasteiger partial charge < -0.3 is 0 Å². The molecule has 0 fully saturated rings. The molecule has 0 N–H and O–H groups in total. The van der Waals surface area contributed by atoms with Crippen molar-refractivity contribution in [2.45, 2.75) is 6.92 Å². The van der Waals surface area contributed by atoms with E-state index in [-0.39, 0.29) is 0 Å². The number of halogens is 1. The van der Waals surface area contributed by atoms with Gasteiger partial charge in [0, 0.05) is 22.7 Å². The first-order valence-corrected chi connectivity index (χ1v) is 8.66. The van der Waals surface area contributed by atoms with Gasteiger partial charge in [-0.1, -0.05) is 23.7 Å². The minimum absolute atomic E-state index is 0.638. The molecule has 24 heavy (non-hydrogen) atoms. The Morgan fingerprint density at radius 3 is 2.67 bits per heavy atom. The molecule has 0 spiro atoms. The highest BCUT2D eigenvalue weighted by molar-refractivity contribution is 7.16. The van der Waals surface area contributed by atoms with E-state index in [2.05, 4.69) is 10.5 Å². The first-order valence-electron chi connectivity index (χ1n) is 7.40. The fraction of sp³-hybridized carbons (Fsp3) is 0.0526. The van der Waals surface area contributed by atoms with Crippen LogP contribution in [0.1, 0.15) is 11.1 Å². The lowest BCUT2D eigenvalue weighted by molar-refractivity contribution is 1.19. The number of thiazole rings is 1. The molecule has 4 rings (SSSR count). The van der Waals surface area contributed by atoms with Gasteiger partial charge in [-0.25, -0.2) is 4.98 Å². The summed E-state index contributed by atoms with van der Waals surface area (Å²) in [7, 11) is 0. The van der Waals surface area contributed by atoms with Crippen molar-refractivity contribution in [1.82, 2.24) is 9.38 Å². The number of hydrogen-bond donors (Lipinski definition) is 0. The van der Waals surface area contributed by atoms with Crippen molar-refractivity contribution < 1.29 is 0 Å². The van der Waals surface area contributed by atoms with E-state index < -0.39 is 0 Å². The van der Waals surface area contributed by atoms with Crippen LogP contribution in [0.5, 0.6) is 0 Å². The van der Waals surface area contributed by atoms with Crippen LogP contribution in [-0.2, 0) is 0 Å². The molecule has 0 aliphatic carbocycles. The van der Waals surface area contributed by atoms with Gasteiger partial charge >= 0.3 is 0 Å². The predicted molar refractivity (Wildman–Crippen MR) is 98.4 cm³/mol. The van der Waals surface area contributed by atoms with Gasteiger partial charge in [-0.05, 0) is 42.8 Å². The maximum absolute atomic E-state index is 8.96. The summed E-state index contributed by atoms with van der Waals surface area (Å²) in [6.45, 7) is 2.02. The molecule has 2 aromatic carbocycles. The lowest BCUT2D eigenvalue weighted by Gasteiger charge is -2.02. The van der Waals surface area contributed by atoms with Crippen molar-refractivity contribution in [1.29, 1.82) is 5.26 Å². The summed E-state index contributed by atoms with van der Waals surface area (Å²) in [5.41, 5.74) is 4.55.